The molecule has 1 aliphatic rings. The van der Waals surface area contributed by atoms with Crippen molar-refractivity contribution in [2.75, 3.05) is 25.0 Å². The summed E-state index contributed by atoms with van der Waals surface area (Å²) in [6.45, 7) is 8.93. The molecule has 116 valence electrons. The van der Waals surface area contributed by atoms with Gasteiger partial charge in [-0.25, -0.2) is 4.98 Å². The maximum absolute atomic E-state index is 12.7. The van der Waals surface area contributed by atoms with Crippen LogP contribution >= 0.6 is 0 Å². The van der Waals surface area contributed by atoms with Gasteiger partial charge in [0.05, 0.1) is 0 Å². The van der Waals surface area contributed by atoms with E-state index in [0.29, 0.717) is 0 Å². The van der Waals surface area contributed by atoms with E-state index >= 15 is 0 Å². The Morgan fingerprint density at radius 1 is 1.29 bits per heavy atom. The molecule has 2 rings (SSSR count). The van der Waals surface area contributed by atoms with Crippen LogP contribution in [0.25, 0.3) is 0 Å². The normalized spacial score (nSPS) is 16.0. The summed E-state index contributed by atoms with van der Waals surface area (Å²) in [5.74, 6) is 1.75. The molecule has 0 radical (unpaired) electrons. The van der Waals surface area contributed by atoms with E-state index in [1.54, 1.807) is 0 Å². The van der Waals surface area contributed by atoms with Gasteiger partial charge in [-0.15, -0.1) is 0 Å². The lowest BCUT2D eigenvalue weighted by Crippen LogP contribution is -2.38. The van der Waals surface area contributed by atoms with E-state index in [1.165, 1.54) is 6.42 Å². The van der Waals surface area contributed by atoms with Crippen molar-refractivity contribution in [1.29, 1.82) is 0 Å². The fraction of sp³-hybridized carbons (Fsp3) is 0.647. The van der Waals surface area contributed by atoms with Crippen LogP contribution in [0, 0.1) is 5.92 Å². The van der Waals surface area contributed by atoms with Gasteiger partial charge in [-0.2, -0.15) is 0 Å². The molecule has 1 aliphatic heterocycles. The summed E-state index contributed by atoms with van der Waals surface area (Å²) >= 11 is 0. The lowest BCUT2D eigenvalue weighted by Gasteiger charge is -2.31. The van der Waals surface area contributed by atoms with E-state index in [0.717, 1.165) is 61.9 Å². The number of pyridine rings is 1. The molecule has 1 amide bonds. The topological polar surface area (TPSA) is 45.2 Å². The Morgan fingerprint density at radius 3 is 2.57 bits per heavy atom. The molecule has 0 aromatic carbocycles. The van der Waals surface area contributed by atoms with Crippen LogP contribution in [0.4, 0.5) is 5.82 Å². The number of carbonyl (C=O) groups is 1. The average molecular weight is 289 g/mol. The molecule has 1 saturated heterocycles. The summed E-state index contributed by atoms with van der Waals surface area (Å²) in [5, 5.41) is 3.21. The van der Waals surface area contributed by atoms with Gasteiger partial charge in [-0.3, -0.25) is 4.79 Å². The molecular weight excluding hydrogens is 262 g/mol. The summed E-state index contributed by atoms with van der Waals surface area (Å²) in [7, 11) is 0. The van der Waals surface area contributed by atoms with E-state index < -0.39 is 0 Å². The summed E-state index contributed by atoms with van der Waals surface area (Å²) in [5.41, 5.74) is 1.74. The summed E-state index contributed by atoms with van der Waals surface area (Å²) in [6.07, 6.45) is 4.33. The van der Waals surface area contributed by atoms with Crippen LogP contribution in [-0.2, 0) is 6.42 Å². The SMILES string of the molecule is CCNc1cc(C(=O)N2CCC(CC)CC2)cc(CC)n1. The summed E-state index contributed by atoms with van der Waals surface area (Å²) < 4.78 is 0. The predicted octanol–water partition coefficient (Wildman–Crippen LogP) is 3.34. The highest BCUT2D eigenvalue weighted by Crippen LogP contribution is 2.22. The molecule has 0 unspecified atom stereocenters. The van der Waals surface area contributed by atoms with Gasteiger partial charge in [0.1, 0.15) is 5.82 Å². The number of aromatic nitrogens is 1. The van der Waals surface area contributed by atoms with Crippen LogP contribution in [0.5, 0.6) is 0 Å². The first-order chi connectivity index (χ1) is 10.2. The molecule has 0 saturated carbocycles. The van der Waals surface area contributed by atoms with Gasteiger partial charge < -0.3 is 10.2 Å². The first-order valence-corrected chi connectivity index (χ1v) is 8.22. The molecule has 0 bridgehead atoms. The largest absolute Gasteiger partial charge is 0.370 e. The van der Waals surface area contributed by atoms with Crippen molar-refractivity contribution >= 4 is 11.7 Å². The molecule has 1 fully saturated rings. The van der Waals surface area contributed by atoms with E-state index in [-0.39, 0.29) is 5.91 Å². The Bertz CT molecular complexity index is 479. The minimum atomic E-state index is 0.154. The second-order valence-electron chi connectivity index (χ2n) is 5.76. The number of nitrogens with one attached hydrogen (secondary N) is 1. The van der Waals surface area contributed by atoms with Crippen LogP contribution in [-0.4, -0.2) is 35.4 Å². The monoisotopic (exact) mass is 289 g/mol. The molecular formula is C17H27N3O. The van der Waals surface area contributed by atoms with Crippen molar-refractivity contribution in [3.8, 4) is 0 Å². The lowest BCUT2D eigenvalue weighted by molar-refractivity contribution is 0.0688. The van der Waals surface area contributed by atoms with Crippen LogP contribution in [0.2, 0.25) is 0 Å². The fourth-order valence-corrected chi connectivity index (χ4v) is 2.89. The zero-order valence-corrected chi connectivity index (χ0v) is 13.5. The number of piperidine rings is 1. The quantitative estimate of drug-likeness (QED) is 0.904. The molecule has 0 aliphatic carbocycles. The highest BCUT2D eigenvalue weighted by Gasteiger charge is 2.23. The predicted molar refractivity (Wildman–Crippen MR) is 86.7 cm³/mol. The van der Waals surface area contributed by atoms with Crippen molar-refractivity contribution < 1.29 is 4.79 Å². The maximum Gasteiger partial charge on any atom is 0.254 e. The van der Waals surface area contributed by atoms with Gasteiger partial charge in [0.25, 0.3) is 5.91 Å². The Morgan fingerprint density at radius 2 is 2.00 bits per heavy atom. The number of hydrogen-bond donors (Lipinski definition) is 1. The molecule has 1 N–H and O–H groups in total. The number of hydrogen-bond acceptors (Lipinski definition) is 3. The van der Waals surface area contributed by atoms with Crippen LogP contribution in [0.3, 0.4) is 0 Å². The maximum atomic E-state index is 12.7. The van der Waals surface area contributed by atoms with Crippen LogP contribution < -0.4 is 5.32 Å². The number of nitrogens with zero attached hydrogens (tertiary/aromatic N) is 2. The number of carbonyl (C=O) groups excluding carboxylic acids is 1. The highest BCUT2D eigenvalue weighted by molar-refractivity contribution is 5.95. The Kier molecular flexibility index (Phi) is 5.59. The van der Waals surface area contributed by atoms with Crippen molar-refractivity contribution in [1.82, 2.24) is 9.88 Å². The van der Waals surface area contributed by atoms with Crippen molar-refractivity contribution in [2.45, 2.75) is 46.5 Å². The summed E-state index contributed by atoms with van der Waals surface area (Å²) in [6, 6.07) is 3.83. The Balaban J connectivity index is 2.13. The van der Waals surface area contributed by atoms with Gasteiger partial charge in [0, 0.05) is 30.9 Å². The Hall–Kier alpha value is -1.58. The number of aryl methyl sites for hydroxylation is 1. The smallest absolute Gasteiger partial charge is 0.254 e. The second kappa shape index (κ2) is 7.43. The Labute approximate surface area is 127 Å². The standard InChI is InChI=1S/C17H27N3O/c1-4-13-7-9-20(10-8-13)17(21)14-11-15(5-2)19-16(12-14)18-6-3/h11-13H,4-10H2,1-3H3,(H,18,19). The molecule has 0 spiro atoms. The minimum absolute atomic E-state index is 0.154. The summed E-state index contributed by atoms with van der Waals surface area (Å²) in [4.78, 5) is 19.2. The fourth-order valence-electron chi connectivity index (χ4n) is 2.89. The van der Waals surface area contributed by atoms with Gasteiger partial charge >= 0.3 is 0 Å². The van der Waals surface area contributed by atoms with Gasteiger partial charge in [-0.05, 0) is 44.2 Å². The zero-order chi connectivity index (χ0) is 15.2. The first kappa shape index (κ1) is 15.8. The van der Waals surface area contributed by atoms with E-state index in [1.807, 2.05) is 24.0 Å². The number of anilines is 1. The zero-order valence-electron chi connectivity index (χ0n) is 13.5. The number of likely N-dealkylation sites (tertiary alicyclic amines) is 1. The highest BCUT2D eigenvalue weighted by atomic mass is 16.2. The van der Waals surface area contributed by atoms with Gasteiger partial charge in [0.15, 0.2) is 0 Å². The number of rotatable bonds is 5. The molecule has 2 heterocycles. The molecule has 1 aromatic heterocycles. The number of amides is 1. The van der Waals surface area contributed by atoms with Crippen molar-refractivity contribution in [3.05, 3.63) is 23.4 Å². The van der Waals surface area contributed by atoms with Crippen molar-refractivity contribution in [3.63, 3.8) is 0 Å². The third-order valence-electron chi connectivity index (χ3n) is 4.32. The van der Waals surface area contributed by atoms with Gasteiger partial charge in [0.2, 0.25) is 0 Å². The van der Waals surface area contributed by atoms with Crippen molar-refractivity contribution in [2.24, 2.45) is 5.92 Å². The third-order valence-corrected chi connectivity index (χ3v) is 4.32. The lowest BCUT2D eigenvalue weighted by atomic mass is 9.94. The second-order valence-corrected chi connectivity index (χ2v) is 5.76. The van der Waals surface area contributed by atoms with E-state index in [2.05, 4.69) is 24.1 Å². The van der Waals surface area contributed by atoms with E-state index in [4.69, 9.17) is 0 Å². The molecule has 1 aromatic rings. The molecule has 4 heteroatoms. The average Bonchev–Trinajstić information content (AvgIpc) is 2.54. The van der Waals surface area contributed by atoms with Crippen LogP contribution in [0.1, 0.15) is 56.1 Å². The molecule has 0 atom stereocenters. The molecule has 4 nitrogen and oxygen atoms in total. The van der Waals surface area contributed by atoms with Gasteiger partial charge in [-0.1, -0.05) is 20.3 Å². The molecule has 21 heavy (non-hydrogen) atoms. The third kappa shape index (κ3) is 3.96. The van der Waals surface area contributed by atoms with E-state index in [9.17, 15) is 4.79 Å². The first-order valence-electron chi connectivity index (χ1n) is 8.22. The van der Waals surface area contributed by atoms with Crippen LogP contribution in [0.15, 0.2) is 12.1 Å². The minimum Gasteiger partial charge on any atom is -0.370 e.